The highest BCUT2D eigenvalue weighted by Gasteiger charge is 2.30. The zero-order chi connectivity index (χ0) is 33.3. The fourth-order valence-electron chi connectivity index (χ4n) is 5.22. The Hall–Kier alpha value is -4.60. The van der Waals surface area contributed by atoms with Crippen molar-refractivity contribution in [3.63, 3.8) is 0 Å². The molecule has 1 unspecified atom stereocenters. The van der Waals surface area contributed by atoms with Crippen LogP contribution in [0.2, 0.25) is 1.41 Å². The lowest BCUT2D eigenvalue weighted by atomic mass is 9.94. The first-order valence-corrected chi connectivity index (χ1v) is 15.4. The van der Waals surface area contributed by atoms with E-state index < -0.39 is 6.09 Å². The molecule has 242 valence electrons. The normalized spacial score (nSPS) is 13.0. The molecular formula is C35H45N3O7. The maximum atomic E-state index is 12.3. The van der Waals surface area contributed by atoms with Crippen LogP contribution in [-0.4, -0.2) is 57.1 Å². The number of fused-ring (bicyclic) bond motifs is 3. The summed E-state index contributed by atoms with van der Waals surface area (Å²) >= 11 is 0. The number of nitrogens with two attached hydrogens (primary N) is 1. The zero-order valence-corrected chi connectivity index (χ0v) is 26.1. The van der Waals surface area contributed by atoms with Gasteiger partial charge >= 0.3 is 6.09 Å². The lowest BCUT2D eigenvalue weighted by molar-refractivity contribution is -0.122. The number of hydrogen-bond acceptors (Lipinski definition) is 7. The van der Waals surface area contributed by atoms with Gasteiger partial charge in [0.1, 0.15) is 26.1 Å². The van der Waals surface area contributed by atoms with Gasteiger partial charge in [0.15, 0.2) is 1.41 Å². The van der Waals surface area contributed by atoms with Gasteiger partial charge in [0, 0.05) is 25.2 Å². The zero-order valence-electron chi connectivity index (χ0n) is 27.1. The molecule has 2 aromatic rings. The minimum atomic E-state index is -0.817. The summed E-state index contributed by atoms with van der Waals surface area (Å²) in [5.41, 5.74) is 8.12. The molecule has 0 bridgehead atoms. The summed E-state index contributed by atoms with van der Waals surface area (Å²) in [6, 6.07) is 12.5. The van der Waals surface area contributed by atoms with Gasteiger partial charge in [-0.05, 0) is 59.1 Å². The van der Waals surface area contributed by atoms with E-state index in [2.05, 4.69) is 60.2 Å². The van der Waals surface area contributed by atoms with Crippen LogP contribution in [0.4, 0.5) is 4.79 Å². The molecule has 4 N–H and O–H groups in total. The summed E-state index contributed by atoms with van der Waals surface area (Å²) < 4.78 is 23.2. The highest BCUT2D eigenvalue weighted by atomic mass is 16.5. The molecule has 1 aliphatic rings. The molecule has 0 saturated carbocycles. The van der Waals surface area contributed by atoms with E-state index in [4.69, 9.17) is 15.6 Å². The van der Waals surface area contributed by atoms with E-state index in [1.807, 2.05) is 6.92 Å². The monoisotopic (exact) mass is 620 g/mol. The standard InChI is InChI=1S/C35H45N3O7/c1-4-24(2)43-19-16-37-33(40)9-5-7-26-11-13-28-29-14-12-27(22-31(29)32(30(28)21-26)23-45-35(36)42)8-6-10-34(41)38-17-20-44-25(3)15-18-39/h11-14,18,21-22,32H,2-10,15-17,19-20,23H2,1H3,(H2,36,42)(H,37,40)(H,38,41)/i/hD. The second-order valence-electron chi connectivity index (χ2n) is 10.9. The van der Waals surface area contributed by atoms with Crippen molar-refractivity contribution in [2.45, 2.75) is 64.2 Å². The number of allylic oxidation sites excluding steroid dienone is 2. The lowest BCUT2D eigenvalue weighted by Gasteiger charge is -2.15. The predicted octanol–water partition coefficient (Wildman–Crippen LogP) is 4.83. The average molecular weight is 621 g/mol. The molecular weight excluding hydrogens is 574 g/mol. The fraction of sp³-hybridized carbons (Fsp3) is 0.429. The molecule has 1 aliphatic carbocycles. The molecule has 0 saturated heterocycles. The minimum Gasteiger partial charge on any atom is -0.497 e. The largest absolute Gasteiger partial charge is 0.497 e. The van der Waals surface area contributed by atoms with Gasteiger partial charge in [0.2, 0.25) is 11.8 Å². The fourth-order valence-corrected chi connectivity index (χ4v) is 5.22. The SMILES string of the molecule is [2H]NC(=O)OCC1c2cc(CCCC(=O)NCCOC(=C)CC)ccc2-c2ccc(CCCC(=O)NCCOC(=C)CC=O)cc21. The molecule has 0 spiro atoms. The Balaban J connectivity index is 1.57. The quantitative estimate of drug-likeness (QED) is 0.103. The molecule has 0 heterocycles. The lowest BCUT2D eigenvalue weighted by Crippen LogP contribution is -2.27. The predicted molar refractivity (Wildman–Crippen MR) is 172 cm³/mol. The van der Waals surface area contributed by atoms with Crippen molar-refractivity contribution in [3.05, 3.63) is 83.3 Å². The van der Waals surface area contributed by atoms with Crippen LogP contribution in [0.1, 0.15) is 73.6 Å². The third-order valence-corrected chi connectivity index (χ3v) is 7.56. The molecule has 0 aliphatic heterocycles. The van der Waals surface area contributed by atoms with Gasteiger partial charge in [-0.15, -0.1) is 0 Å². The van der Waals surface area contributed by atoms with Crippen molar-refractivity contribution in [3.8, 4) is 11.1 Å². The molecule has 10 heteroatoms. The van der Waals surface area contributed by atoms with Crippen LogP contribution in [0.25, 0.3) is 11.1 Å². The van der Waals surface area contributed by atoms with E-state index in [0.717, 1.165) is 46.1 Å². The van der Waals surface area contributed by atoms with E-state index in [1.54, 1.807) is 5.73 Å². The van der Waals surface area contributed by atoms with E-state index in [-0.39, 0.29) is 37.4 Å². The van der Waals surface area contributed by atoms with Crippen molar-refractivity contribution >= 4 is 24.2 Å². The van der Waals surface area contributed by atoms with Crippen molar-refractivity contribution < 1.29 is 34.8 Å². The molecule has 0 radical (unpaired) electrons. The topological polar surface area (TPSA) is 146 Å². The van der Waals surface area contributed by atoms with Crippen LogP contribution in [0.3, 0.4) is 0 Å². The molecule has 3 rings (SSSR count). The van der Waals surface area contributed by atoms with Crippen molar-refractivity contribution in [2.24, 2.45) is 5.73 Å². The molecule has 1 atom stereocenters. The first-order valence-electron chi connectivity index (χ1n) is 15.9. The second-order valence-corrected chi connectivity index (χ2v) is 10.9. The first kappa shape index (κ1) is 33.3. The van der Waals surface area contributed by atoms with E-state index in [1.165, 1.54) is 0 Å². The third kappa shape index (κ3) is 11.4. The number of aryl methyl sites for hydroxylation is 2. The van der Waals surface area contributed by atoms with Crippen LogP contribution in [0, 0.1) is 0 Å². The Morgan fingerprint density at radius 3 is 1.89 bits per heavy atom. The molecule has 2 aromatic carbocycles. The van der Waals surface area contributed by atoms with E-state index in [9.17, 15) is 19.2 Å². The Morgan fingerprint density at radius 1 is 0.867 bits per heavy atom. The maximum absolute atomic E-state index is 12.3. The van der Waals surface area contributed by atoms with Gasteiger partial charge in [0.25, 0.3) is 0 Å². The number of benzene rings is 2. The van der Waals surface area contributed by atoms with Gasteiger partial charge in [0.05, 0.1) is 31.0 Å². The average Bonchev–Trinajstić information content (AvgIpc) is 3.35. The summed E-state index contributed by atoms with van der Waals surface area (Å²) in [5, 5.41) is 5.68. The second kappa shape index (κ2) is 18.3. The summed E-state index contributed by atoms with van der Waals surface area (Å²) in [5.74, 6) is 0.764. The number of carbonyl (C=O) groups is 4. The highest BCUT2D eigenvalue weighted by Crippen LogP contribution is 2.46. The summed E-state index contributed by atoms with van der Waals surface area (Å²) in [7, 11) is 0. The number of hydrogen-bond donors (Lipinski definition) is 3. The number of ether oxygens (including phenoxy) is 3. The Morgan fingerprint density at radius 2 is 1.40 bits per heavy atom. The number of nitrogens with one attached hydrogen (secondary N) is 2. The number of carbonyl (C=O) groups excluding carboxylic acids is 4. The third-order valence-electron chi connectivity index (χ3n) is 7.56. The van der Waals surface area contributed by atoms with Gasteiger partial charge in [-0.2, -0.15) is 0 Å². The van der Waals surface area contributed by atoms with Crippen LogP contribution in [-0.2, 0) is 41.4 Å². The number of amides is 3. The Kier molecular flexibility index (Phi) is 13.5. The van der Waals surface area contributed by atoms with Gasteiger partial charge in [-0.3, -0.25) is 9.59 Å². The maximum Gasteiger partial charge on any atom is 0.404 e. The van der Waals surface area contributed by atoms with Crippen LogP contribution >= 0.6 is 0 Å². The minimum absolute atomic E-state index is 0.0247. The number of rotatable bonds is 21. The van der Waals surface area contributed by atoms with E-state index >= 15 is 0 Å². The van der Waals surface area contributed by atoms with Gasteiger partial charge in [-0.1, -0.05) is 56.5 Å². The molecule has 45 heavy (non-hydrogen) atoms. The van der Waals surface area contributed by atoms with Crippen molar-refractivity contribution in [2.75, 3.05) is 32.9 Å². The van der Waals surface area contributed by atoms with E-state index in [0.29, 0.717) is 69.7 Å². The summed E-state index contributed by atoms with van der Waals surface area (Å²) in [6.07, 6.45) is 4.27. The number of primary amides is 1. The van der Waals surface area contributed by atoms with Gasteiger partial charge in [-0.25, -0.2) is 4.79 Å². The highest BCUT2D eigenvalue weighted by molar-refractivity contribution is 5.80. The van der Waals surface area contributed by atoms with Gasteiger partial charge < -0.3 is 35.4 Å². The number of aldehydes is 1. The molecule has 0 aromatic heterocycles. The summed E-state index contributed by atoms with van der Waals surface area (Å²) in [4.78, 5) is 46.8. The Labute approximate surface area is 266 Å². The Bertz CT molecular complexity index is 1390. The van der Waals surface area contributed by atoms with Crippen LogP contribution < -0.4 is 16.4 Å². The van der Waals surface area contributed by atoms with Crippen molar-refractivity contribution in [1.82, 2.24) is 10.6 Å². The molecule has 10 nitrogen and oxygen atoms in total. The molecule has 3 amide bonds. The van der Waals surface area contributed by atoms with Crippen LogP contribution in [0.15, 0.2) is 61.1 Å². The van der Waals surface area contributed by atoms with Crippen molar-refractivity contribution in [1.29, 1.82) is 0 Å². The summed E-state index contributed by atoms with van der Waals surface area (Å²) in [6.45, 7) is 10.9. The molecule has 0 fully saturated rings. The smallest absolute Gasteiger partial charge is 0.404 e. The first-order chi connectivity index (χ1) is 22.2. The van der Waals surface area contributed by atoms with Crippen LogP contribution in [0.5, 0.6) is 0 Å².